The van der Waals surface area contributed by atoms with Gasteiger partial charge in [0.1, 0.15) is 23.2 Å². The van der Waals surface area contributed by atoms with E-state index in [-0.39, 0.29) is 6.17 Å². The van der Waals surface area contributed by atoms with E-state index in [1.165, 1.54) is 41.9 Å². The molecule has 0 aliphatic carbocycles. The SMILES string of the molecule is c1ccc(C2=NC(c3ccc4c(c3)oc3ccccc34)=NC(c3ccc(-c4ccc5sc6c(ccc7c(-c8ccccc8)nc8ccccc8c76)c5c4)cc3)N2)cc1. The molecule has 0 saturated carbocycles. The van der Waals surface area contributed by atoms with E-state index in [9.17, 15) is 0 Å². The number of para-hydroxylation sites is 2. The van der Waals surface area contributed by atoms with Crippen molar-refractivity contribution in [2.24, 2.45) is 9.98 Å². The number of nitrogens with zero attached hydrogens (tertiary/aromatic N) is 3. The number of aliphatic imine (C=N–C) groups is 2. The van der Waals surface area contributed by atoms with Gasteiger partial charge in [-0.25, -0.2) is 15.0 Å². The second kappa shape index (κ2) is 13.1. The molecule has 12 rings (SSSR count). The fraction of sp³-hybridized carbons (Fsp3) is 0.0192. The van der Waals surface area contributed by atoms with Gasteiger partial charge in [0, 0.05) is 63.8 Å². The summed E-state index contributed by atoms with van der Waals surface area (Å²) >= 11 is 1.87. The largest absolute Gasteiger partial charge is 0.456 e. The van der Waals surface area contributed by atoms with Crippen molar-refractivity contribution in [3.05, 3.63) is 199 Å². The van der Waals surface area contributed by atoms with Gasteiger partial charge in [-0.05, 0) is 53.1 Å². The zero-order chi connectivity index (χ0) is 38.2. The van der Waals surface area contributed by atoms with Crippen molar-refractivity contribution < 1.29 is 4.42 Å². The molecule has 8 aromatic carbocycles. The summed E-state index contributed by atoms with van der Waals surface area (Å²) in [5, 5.41) is 12.0. The van der Waals surface area contributed by atoms with Crippen molar-refractivity contribution in [3.63, 3.8) is 0 Å². The number of nitrogens with one attached hydrogen (secondary N) is 1. The fourth-order valence-corrected chi connectivity index (χ4v) is 9.72. The minimum Gasteiger partial charge on any atom is -0.456 e. The normalized spacial score (nSPS) is 14.4. The Hall–Kier alpha value is -7.41. The zero-order valence-electron chi connectivity index (χ0n) is 31.1. The maximum atomic E-state index is 6.24. The van der Waals surface area contributed by atoms with Gasteiger partial charge in [-0.2, -0.15) is 0 Å². The Kier molecular flexibility index (Phi) is 7.40. The summed E-state index contributed by atoms with van der Waals surface area (Å²) in [6, 6.07) is 63.9. The van der Waals surface area contributed by atoms with Crippen LogP contribution >= 0.6 is 11.3 Å². The molecule has 0 spiro atoms. The van der Waals surface area contributed by atoms with E-state index in [1.54, 1.807) is 0 Å². The van der Waals surface area contributed by atoms with E-state index in [2.05, 4.69) is 151 Å². The van der Waals surface area contributed by atoms with Crippen LogP contribution in [0.4, 0.5) is 0 Å². The monoisotopic (exact) mass is 760 g/mol. The number of benzene rings is 8. The number of hydrogen-bond donors (Lipinski definition) is 1. The van der Waals surface area contributed by atoms with Gasteiger partial charge >= 0.3 is 0 Å². The lowest BCUT2D eigenvalue weighted by Crippen LogP contribution is -2.33. The minimum absolute atomic E-state index is 0.329. The predicted molar refractivity (Wildman–Crippen MR) is 242 cm³/mol. The molecule has 3 aromatic heterocycles. The second-order valence-electron chi connectivity index (χ2n) is 14.8. The molecule has 6 heteroatoms. The van der Waals surface area contributed by atoms with Crippen molar-refractivity contribution in [2.45, 2.75) is 6.17 Å². The Bertz CT molecular complexity index is 3470. The number of amidine groups is 2. The molecule has 11 aromatic rings. The van der Waals surface area contributed by atoms with Crippen molar-refractivity contribution in [3.8, 4) is 22.4 Å². The third kappa shape index (κ3) is 5.34. The average molecular weight is 761 g/mol. The highest BCUT2D eigenvalue weighted by atomic mass is 32.1. The van der Waals surface area contributed by atoms with E-state index in [4.69, 9.17) is 19.4 Å². The highest BCUT2D eigenvalue weighted by molar-refractivity contribution is 7.26. The highest BCUT2D eigenvalue weighted by Gasteiger charge is 2.22. The van der Waals surface area contributed by atoms with Gasteiger partial charge in [-0.1, -0.05) is 146 Å². The predicted octanol–water partition coefficient (Wildman–Crippen LogP) is 13.5. The number of rotatable bonds is 5. The van der Waals surface area contributed by atoms with Gasteiger partial charge in [0.2, 0.25) is 0 Å². The Morgan fingerprint density at radius 1 is 0.483 bits per heavy atom. The zero-order valence-corrected chi connectivity index (χ0v) is 31.9. The Morgan fingerprint density at radius 2 is 1.16 bits per heavy atom. The molecule has 0 radical (unpaired) electrons. The molecular formula is C52H32N4OS. The van der Waals surface area contributed by atoms with Gasteiger partial charge < -0.3 is 9.73 Å². The molecule has 0 saturated heterocycles. The van der Waals surface area contributed by atoms with Gasteiger partial charge in [0.25, 0.3) is 0 Å². The third-order valence-electron chi connectivity index (χ3n) is 11.3. The first-order valence-electron chi connectivity index (χ1n) is 19.5. The number of hydrogen-bond acceptors (Lipinski definition) is 6. The van der Waals surface area contributed by atoms with E-state index in [1.807, 2.05) is 47.7 Å². The molecule has 58 heavy (non-hydrogen) atoms. The molecule has 0 amide bonds. The van der Waals surface area contributed by atoms with Crippen LogP contribution in [0.3, 0.4) is 0 Å². The third-order valence-corrected chi connectivity index (χ3v) is 12.5. The van der Waals surface area contributed by atoms with Crippen molar-refractivity contribution >= 4 is 86.8 Å². The van der Waals surface area contributed by atoms with Crippen LogP contribution in [0.15, 0.2) is 196 Å². The lowest BCUT2D eigenvalue weighted by atomic mass is 9.97. The number of pyridine rings is 1. The van der Waals surface area contributed by atoms with E-state index in [0.29, 0.717) is 5.84 Å². The first-order chi connectivity index (χ1) is 28.7. The summed E-state index contributed by atoms with van der Waals surface area (Å²) in [5.74, 6) is 1.45. The van der Waals surface area contributed by atoms with Gasteiger partial charge in [-0.3, -0.25) is 0 Å². The summed E-state index contributed by atoms with van der Waals surface area (Å²) in [7, 11) is 0. The van der Waals surface area contributed by atoms with Crippen molar-refractivity contribution in [1.82, 2.24) is 10.3 Å². The van der Waals surface area contributed by atoms with Gasteiger partial charge in [-0.15, -0.1) is 11.3 Å². The molecule has 1 unspecified atom stereocenters. The van der Waals surface area contributed by atoms with Gasteiger partial charge in [0.05, 0.1) is 11.2 Å². The van der Waals surface area contributed by atoms with Crippen LogP contribution in [-0.2, 0) is 0 Å². The van der Waals surface area contributed by atoms with Crippen LogP contribution in [0.2, 0.25) is 0 Å². The van der Waals surface area contributed by atoms with Crippen LogP contribution in [0.5, 0.6) is 0 Å². The molecule has 1 atom stereocenters. The summed E-state index contributed by atoms with van der Waals surface area (Å²) in [6.07, 6.45) is -0.329. The summed E-state index contributed by atoms with van der Waals surface area (Å²) in [5.41, 5.74) is 10.2. The number of furan rings is 1. The standard InChI is InChI=1S/C52H32N4OS/c1-3-11-32(12-4-1)48-41-27-26-39-42-29-35(24-28-46(42)58-49(39)47(41)40-16-7-9-17-43(40)53-48)31-19-21-34(22-20-31)51-54-50(33-13-5-2-6-14-33)55-52(56-51)36-23-25-38-37-15-8-10-18-44(37)57-45(38)30-36/h1-30,51H,(H,54,55,56). The molecule has 4 heterocycles. The van der Waals surface area contributed by atoms with Crippen molar-refractivity contribution in [2.75, 3.05) is 0 Å². The molecule has 0 fully saturated rings. The maximum absolute atomic E-state index is 6.24. The van der Waals surface area contributed by atoms with Crippen LogP contribution in [-0.4, -0.2) is 16.7 Å². The maximum Gasteiger partial charge on any atom is 0.159 e. The topological polar surface area (TPSA) is 62.8 Å². The smallest absolute Gasteiger partial charge is 0.159 e. The lowest BCUT2D eigenvalue weighted by molar-refractivity contribution is 0.667. The van der Waals surface area contributed by atoms with E-state index in [0.717, 1.165) is 66.8 Å². The fourth-order valence-electron chi connectivity index (χ4n) is 8.48. The van der Waals surface area contributed by atoms with E-state index >= 15 is 0 Å². The first-order valence-corrected chi connectivity index (χ1v) is 20.3. The highest BCUT2D eigenvalue weighted by Crippen LogP contribution is 2.44. The Balaban J connectivity index is 0.927. The summed E-state index contributed by atoms with van der Waals surface area (Å²) in [4.78, 5) is 15.4. The lowest BCUT2D eigenvalue weighted by Gasteiger charge is -2.24. The number of thiophene rings is 1. The Labute approximate surface area is 337 Å². The Morgan fingerprint density at radius 3 is 2.00 bits per heavy atom. The molecule has 272 valence electrons. The molecule has 0 bridgehead atoms. The number of fused-ring (bicyclic) bond motifs is 10. The quantitative estimate of drug-likeness (QED) is 0.178. The minimum atomic E-state index is -0.329. The molecule has 5 nitrogen and oxygen atoms in total. The van der Waals surface area contributed by atoms with Crippen LogP contribution in [0.25, 0.3) is 86.2 Å². The molecule has 1 N–H and O–H groups in total. The van der Waals surface area contributed by atoms with Crippen LogP contribution < -0.4 is 5.32 Å². The summed E-state index contributed by atoms with van der Waals surface area (Å²) < 4.78 is 8.81. The van der Waals surface area contributed by atoms with Crippen molar-refractivity contribution in [1.29, 1.82) is 0 Å². The molecule has 1 aliphatic rings. The first kappa shape index (κ1) is 32.8. The summed E-state index contributed by atoms with van der Waals surface area (Å²) in [6.45, 7) is 0. The average Bonchev–Trinajstić information content (AvgIpc) is 3.87. The van der Waals surface area contributed by atoms with E-state index < -0.39 is 0 Å². The van der Waals surface area contributed by atoms with Crippen LogP contribution in [0.1, 0.15) is 22.9 Å². The van der Waals surface area contributed by atoms with Gasteiger partial charge in [0.15, 0.2) is 5.84 Å². The second-order valence-corrected chi connectivity index (χ2v) is 15.8. The number of aromatic nitrogens is 1. The van der Waals surface area contributed by atoms with Crippen LogP contribution in [0, 0.1) is 0 Å². The molecule has 1 aliphatic heterocycles. The molecular weight excluding hydrogens is 729 g/mol.